The number of aryl methyl sites for hydroxylation is 4. The Labute approximate surface area is 631 Å². The van der Waals surface area contributed by atoms with Crippen molar-refractivity contribution in [2.24, 2.45) is 7.05 Å². The van der Waals surface area contributed by atoms with Crippen LogP contribution in [0.15, 0.2) is 120 Å². The third-order valence-electron chi connectivity index (χ3n) is 16.0. The molecule has 0 saturated carbocycles. The van der Waals surface area contributed by atoms with Gasteiger partial charge in [0.05, 0.1) is 64.5 Å². The molecule has 0 unspecified atom stereocenters. The first-order chi connectivity index (χ1) is 51.6. The summed E-state index contributed by atoms with van der Waals surface area (Å²) < 4.78 is 1.48. The van der Waals surface area contributed by atoms with Crippen LogP contribution in [0.5, 0.6) is 0 Å². The van der Waals surface area contributed by atoms with Gasteiger partial charge in [0, 0.05) is 150 Å². The second-order valence-corrected chi connectivity index (χ2v) is 27.8. The fourth-order valence-electron chi connectivity index (χ4n) is 10.8. The zero-order valence-corrected chi connectivity index (χ0v) is 61.5. The van der Waals surface area contributed by atoms with E-state index in [9.17, 15) is 58.8 Å². The van der Waals surface area contributed by atoms with Crippen LogP contribution in [0.2, 0.25) is 5.15 Å². The van der Waals surface area contributed by atoms with Crippen molar-refractivity contribution < 1.29 is 58.8 Å². The molecule has 2 fully saturated rings. The van der Waals surface area contributed by atoms with Crippen molar-refractivity contribution in [3.05, 3.63) is 187 Å². The number of hydrogen-bond acceptors (Lipinski definition) is 29. The number of thiophene rings is 4. The van der Waals surface area contributed by atoms with Crippen LogP contribution in [-0.2, 0) is 7.05 Å². The molecule has 2 aliphatic rings. The van der Waals surface area contributed by atoms with Gasteiger partial charge < -0.3 is 56.1 Å². The van der Waals surface area contributed by atoms with Crippen LogP contribution in [0, 0.1) is 20.8 Å². The van der Waals surface area contributed by atoms with E-state index in [2.05, 4.69) is 101 Å². The van der Waals surface area contributed by atoms with Crippen molar-refractivity contribution in [1.29, 1.82) is 0 Å². The third kappa shape index (κ3) is 18.1. The molecule has 12 aromatic heterocycles. The fraction of sp³-hybridized carbons (Fsp3) is 0.206. The number of amides is 4. The number of carboxylic acid groups (broad SMARTS) is 4. The zero-order valence-electron chi connectivity index (χ0n) is 56.7. The van der Waals surface area contributed by atoms with E-state index in [0.717, 1.165) is 97.2 Å². The van der Waals surface area contributed by atoms with Crippen molar-refractivity contribution in [3.63, 3.8) is 0 Å². The van der Waals surface area contributed by atoms with Crippen LogP contribution in [0.1, 0.15) is 138 Å². The molecular weight excluding hydrogens is 1500 g/mol. The van der Waals surface area contributed by atoms with E-state index >= 15 is 0 Å². The highest BCUT2D eigenvalue weighted by atomic mass is 35.5. The number of nitrogens with zero attached hydrogens (tertiary/aromatic N) is 17. The summed E-state index contributed by atoms with van der Waals surface area (Å²) in [4.78, 5) is 159. The molecule has 14 heterocycles. The number of rotatable bonds is 18. The van der Waals surface area contributed by atoms with Gasteiger partial charge in [0.15, 0.2) is 5.69 Å². The highest BCUT2D eigenvalue weighted by Crippen LogP contribution is 2.41. The first-order valence-electron chi connectivity index (χ1n) is 32.1. The van der Waals surface area contributed by atoms with E-state index in [4.69, 9.17) is 11.6 Å². The summed E-state index contributed by atoms with van der Waals surface area (Å²) in [6.07, 6.45) is 28.7. The minimum absolute atomic E-state index is 0.00557. The van der Waals surface area contributed by atoms with Crippen LogP contribution >= 0.6 is 68.3 Å². The van der Waals surface area contributed by atoms with Crippen LogP contribution in [0.3, 0.4) is 0 Å². The molecule has 39 heteroatoms. The molecule has 4 amide bonds. The minimum Gasteiger partial charge on any atom is -0.478 e. The molecule has 0 atom stereocenters. The quantitative estimate of drug-likeness (QED) is 0.0395. The van der Waals surface area contributed by atoms with Crippen molar-refractivity contribution in [3.8, 4) is 44.8 Å². The monoisotopic (exact) mass is 1560 g/mol. The average Bonchev–Trinajstić information content (AvgIpc) is 1.70. The summed E-state index contributed by atoms with van der Waals surface area (Å²) in [6, 6.07) is 0. The summed E-state index contributed by atoms with van der Waals surface area (Å²) in [7, 11) is 1.64. The third-order valence-corrected chi connectivity index (χ3v) is 21.0. The van der Waals surface area contributed by atoms with Gasteiger partial charge in [0.25, 0.3) is 23.6 Å². The molecular formula is C68H60ClN21O12S5. The maximum atomic E-state index is 12.4. The number of hydrogen-bond donors (Lipinski definition) is 8. The molecule has 0 aromatic carbocycles. The standard InChI is InChI=1S/2C20H20N6O3S.C14H10ClN5O3S.C14H10N4O3S2/c1-12-13(9-23-20(24-12)26-7-3-2-4-8-26)14-11-30-18(16(14)19(28)29)25-17(27)15-10-21-5-6-22-15;1-12-14(9-23-20(24-12)26-5-3-2-4-6-26)15-10-30-18(16(15)19(28)29)25-17(27)13-7-21-11-22-8-13;1-20-6-18-10(11(20)15)12(21)19-13-9(14(22)23)7(5-24-13)8-4-16-2-3-17-8;1-7-11(23-6-17-7)12(19)18-13-10(14(20)21)8(5-22-13)9-4-15-2-3-16-9/h5-6,9-11H,2-4,7-8H2,1H3,(H,25,27)(H,28,29);7-11H,2-6H2,1H3,(H,25,27)(H,28,29);2-6H,1H3,(H,19,21)(H,22,23);2-6H,1H3,(H,18,19)(H,20,21). The minimum atomic E-state index is -1.18. The number of aromatic carboxylic acids is 4. The number of carboxylic acids is 4. The first kappa shape index (κ1) is 75.9. The molecule has 546 valence electrons. The van der Waals surface area contributed by atoms with Gasteiger partial charge in [-0.05, 0) is 59.3 Å². The highest BCUT2D eigenvalue weighted by Gasteiger charge is 2.29. The molecule has 0 spiro atoms. The van der Waals surface area contributed by atoms with E-state index in [1.165, 1.54) is 110 Å². The topological polar surface area (TPSA) is 457 Å². The molecule has 107 heavy (non-hydrogen) atoms. The van der Waals surface area contributed by atoms with Crippen LogP contribution < -0.4 is 31.1 Å². The lowest BCUT2D eigenvalue weighted by molar-refractivity contribution is 0.0688. The molecule has 14 rings (SSSR count). The maximum absolute atomic E-state index is 12.4. The summed E-state index contributed by atoms with van der Waals surface area (Å²) in [5, 5.41) is 56.8. The summed E-state index contributed by atoms with van der Waals surface area (Å²) in [5.74, 6) is -5.21. The lowest BCUT2D eigenvalue weighted by Gasteiger charge is -2.26. The summed E-state index contributed by atoms with van der Waals surface area (Å²) in [5.41, 5.74) is 7.78. The zero-order chi connectivity index (χ0) is 75.8. The van der Waals surface area contributed by atoms with Gasteiger partial charge in [-0.25, -0.2) is 64.0 Å². The van der Waals surface area contributed by atoms with E-state index in [1.807, 2.05) is 13.8 Å². The van der Waals surface area contributed by atoms with E-state index in [0.29, 0.717) is 78.6 Å². The number of anilines is 6. The lowest BCUT2D eigenvalue weighted by Crippen LogP contribution is -2.31. The number of carbonyl (C=O) groups is 8. The van der Waals surface area contributed by atoms with Gasteiger partial charge in [-0.3, -0.25) is 44.1 Å². The number of halogens is 1. The number of nitrogens with one attached hydrogen (secondary N) is 4. The van der Waals surface area contributed by atoms with E-state index < -0.39 is 41.6 Å². The Hall–Kier alpha value is -12.2. The highest BCUT2D eigenvalue weighted by molar-refractivity contribution is 7.16. The van der Waals surface area contributed by atoms with E-state index in [-0.39, 0.29) is 70.3 Å². The molecule has 33 nitrogen and oxygen atoms in total. The Morgan fingerprint density at radius 2 is 0.841 bits per heavy atom. The second-order valence-electron chi connectivity index (χ2n) is 23.0. The average molecular weight is 1560 g/mol. The SMILES string of the molecule is Cc1nc(N2CCCCC2)ncc1-c1csc(NC(=O)c2cnccn2)c1C(=O)O.Cc1nc(N2CCCCC2)ncc1-c1csc(NC(=O)c2cncnc2)c1C(=O)O.Cc1ncsc1C(=O)Nc1scc(-c2cnccn2)c1C(=O)O.Cn1cnc(C(=O)Nc2scc(-c3cnccn3)c2C(=O)O)c1Cl. The predicted octanol–water partition coefficient (Wildman–Crippen LogP) is 12.0. The summed E-state index contributed by atoms with van der Waals surface area (Å²) in [6.45, 7) is 9.11. The molecule has 0 aliphatic carbocycles. The Morgan fingerprint density at radius 1 is 0.421 bits per heavy atom. The molecule has 2 saturated heterocycles. The van der Waals surface area contributed by atoms with Gasteiger partial charge in [-0.1, -0.05) is 11.6 Å². The van der Waals surface area contributed by atoms with Crippen LogP contribution in [-0.4, -0.2) is 168 Å². The predicted molar refractivity (Wildman–Crippen MR) is 402 cm³/mol. The van der Waals surface area contributed by atoms with Gasteiger partial charge in [-0.2, -0.15) is 0 Å². The maximum Gasteiger partial charge on any atom is 0.339 e. The largest absolute Gasteiger partial charge is 0.478 e. The molecule has 0 bridgehead atoms. The van der Waals surface area contributed by atoms with Crippen LogP contribution in [0.25, 0.3) is 44.8 Å². The van der Waals surface area contributed by atoms with Gasteiger partial charge in [-0.15, -0.1) is 56.7 Å². The number of thiazole rings is 1. The second kappa shape index (κ2) is 35.0. The van der Waals surface area contributed by atoms with Crippen molar-refractivity contribution >= 4 is 148 Å². The molecule has 12 aromatic rings. The van der Waals surface area contributed by atoms with Crippen molar-refractivity contribution in [2.45, 2.75) is 59.3 Å². The van der Waals surface area contributed by atoms with Crippen LogP contribution in [0.4, 0.5) is 31.9 Å². The normalized spacial score (nSPS) is 12.4. The molecule has 0 radical (unpaired) electrons. The number of carbonyl (C=O) groups excluding carboxylic acids is 4. The number of aromatic nitrogens is 15. The Morgan fingerprint density at radius 3 is 1.23 bits per heavy atom. The summed E-state index contributed by atoms with van der Waals surface area (Å²) >= 11 is 11.7. The number of imidazole rings is 1. The smallest absolute Gasteiger partial charge is 0.339 e. The Kier molecular flexibility index (Phi) is 24.9. The van der Waals surface area contributed by atoms with Gasteiger partial charge in [0.1, 0.15) is 64.3 Å². The number of piperidine rings is 2. The first-order valence-corrected chi connectivity index (χ1v) is 36.9. The lowest BCUT2D eigenvalue weighted by atomic mass is 10.0. The Balaban J connectivity index is 0.000000143. The Bertz CT molecular complexity index is 5070. The van der Waals surface area contributed by atoms with Gasteiger partial charge in [0.2, 0.25) is 11.9 Å². The van der Waals surface area contributed by atoms with E-state index in [1.54, 1.807) is 53.4 Å². The van der Waals surface area contributed by atoms with Crippen molar-refractivity contribution in [1.82, 2.24) is 74.3 Å². The van der Waals surface area contributed by atoms with Gasteiger partial charge >= 0.3 is 23.9 Å². The van der Waals surface area contributed by atoms with Crippen molar-refractivity contribution in [2.75, 3.05) is 57.2 Å². The molecule has 8 N–H and O–H groups in total. The molecule has 2 aliphatic heterocycles. The fourth-order valence-corrected chi connectivity index (χ4v) is 15.5.